The third-order valence-electron chi connectivity index (χ3n) is 5.61. The number of rotatable bonds is 6. The highest BCUT2D eigenvalue weighted by molar-refractivity contribution is 14.0. The van der Waals surface area contributed by atoms with Gasteiger partial charge in [0.05, 0.1) is 0 Å². The lowest BCUT2D eigenvalue weighted by Gasteiger charge is -2.37. The summed E-state index contributed by atoms with van der Waals surface area (Å²) in [6.07, 6.45) is 4.50. The van der Waals surface area contributed by atoms with E-state index in [2.05, 4.69) is 57.9 Å². The van der Waals surface area contributed by atoms with Gasteiger partial charge in [0.25, 0.3) is 0 Å². The Balaban J connectivity index is 0.00000300. The molecule has 1 unspecified atom stereocenters. The summed E-state index contributed by atoms with van der Waals surface area (Å²) in [7, 11) is 0. The molecule has 1 N–H and O–H groups in total. The van der Waals surface area contributed by atoms with Crippen LogP contribution in [0, 0.1) is 11.8 Å². The molecular weight excluding hydrogens is 475 g/mol. The summed E-state index contributed by atoms with van der Waals surface area (Å²) in [6.45, 7) is 16.3. The van der Waals surface area contributed by atoms with Gasteiger partial charge in [-0.1, -0.05) is 19.9 Å². The first-order valence-electron chi connectivity index (χ1n) is 11.1. The second kappa shape index (κ2) is 12.6. The van der Waals surface area contributed by atoms with Gasteiger partial charge in [-0.3, -0.25) is 4.99 Å². The average Bonchev–Trinajstić information content (AvgIpc) is 2.72. The molecule has 7 heteroatoms. The quantitative estimate of drug-likeness (QED) is 0.359. The van der Waals surface area contributed by atoms with Crippen molar-refractivity contribution in [3.8, 4) is 0 Å². The number of aromatic nitrogens is 1. The third-order valence-corrected chi connectivity index (χ3v) is 5.61. The van der Waals surface area contributed by atoms with E-state index in [0.29, 0.717) is 5.92 Å². The fourth-order valence-electron chi connectivity index (χ4n) is 4.31. The summed E-state index contributed by atoms with van der Waals surface area (Å²) < 4.78 is 0. The fraction of sp³-hybridized carbons (Fsp3) is 0.727. The molecule has 29 heavy (non-hydrogen) atoms. The highest BCUT2D eigenvalue weighted by Gasteiger charge is 2.23. The monoisotopic (exact) mass is 514 g/mol. The van der Waals surface area contributed by atoms with E-state index in [9.17, 15) is 0 Å². The van der Waals surface area contributed by atoms with Crippen molar-refractivity contribution in [1.82, 2.24) is 20.1 Å². The highest BCUT2D eigenvalue weighted by Crippen LogP contribution is 2.18. The van der Waals surface area contributed by atoms with Crippen LogP contribution in [0.5, 0.6) is 0 Å². The first-order chi connectivity index (χ1) is 13.7. The van der Waals surface area contributed by atoms with Crippen LogP contribution in [0.25, 0.3) is 0 Å². The molecule has 2 aliphatic rings. The second-order valence-electron chi connectivity index (χ2n) is 8.52. The number of guanidine groups is 1. The van der Waals surface area contributed by atoms with Crippen LogP contribution in [0.4, 0.5) is 5.82 Å². The number of piperidine rings is 1. The van der Waals surface area contributed by atoms with Crippen LogP contribution >= 0.6 is 24.0 Å². The summed E-state index contributed by atoms with van der Waals surface area (Å²) in [5.41, 5.74) is 0. The number of pyridine rings is 1. The summed E-state index contributed by atoms with van der Waals surface area (Å²) >= 11 is 0. The molecule has 0 aromatic carbocycles. The van der Waals surface area contributed by atoms with E-state index >= 15 is 0 Å². The van der Waals surface area contributed by atoms with E-state index in [-0.39, 0.29) is 24.0 Å². The van der Waals surface area contributed by atoms with E-state index < -0.39 is 0 Å². The number of anilines is 1. The molecule has 164 valence electrons. The number of hydrogen-bond donors (Lipinski definition) is 1. The molecule has 2 aliphatic heterocycles. The summed E-state index contributed by atoms with van der Waals surface area (Å²) in [5, 5.41) is 3.52. The highest BCUT2D eigenvalue weighted by atomic mass is 127. The van der Waals surface area contributed by atoms with Crippen LogP contribution < -0.4 is 10.2 Å². The van der Waals surface area contributed by atoms with Crippen LogP contribution in [-0.4, -0.2) is 79.6 Å². The predicted octanol–water partition coefficient (Wildman–Crippen LogP) is 3.16. The van der Waals surface area contributed by atoms with E-state index in [1.165, 1.54) is 32.5 Å². The van der Waals surface area contributed by atoms with Gasteiger partial charge in [-0.2, -0.15) is 0 Å². The van der Waals surface area contributed by atoms with E-state index in [1.54, 1.807) is 0 Å². The molecule has 0 saturated carbocycles. The number of piperazine rings is 1. The van der Waals surface area contributed by atoms with Crippen molar-refractivity contribution in [3.05, 3.63) is 24.4 Å². The zero-order valence-electron chi connectivity index (χ0n) is 18.4. The molecule has 3 rings (SSSR count). The normalized spacial score (nSPS) is 21.2. The van der Waals surface area contributed by atoms with Gasteiger partial charge in [-0.25, -0.2) is 4.98 Å². The number of aliphatic imine (C=N–C) groups is 1. The van der Waals surface area contributed by atoms with E-state index in [0.717, 1.165) is 57.0 Å². The van der Waals surface area contributed by atoms with Crippen molar-refractivity contribution in [2.24, 2.45) is 16.8 Å². The third kappa shape index (κ3) is 7.59. The molecule has 1 aromatic rings. The minimum Gasteiger partial charge on any atom is -0.357 e. The maximum absolute atomic E-state index is 5.04. The van der Waals surface area contributed by atoms with Gasteiger partial charge < -0.3 is 20.0 Å². The molecule has 2 saturated heterocycles. The standard InChI is InChI=1S/C22H38N6.HI/c1-4-23-22(25-16-20-8-7-11-26(18-20)17-19(2)3)28-14-12-27(13-15-28)21-9-5-6-10-24-21;/h5-6,9-10,19-20H,4,7-8,11-18H2,1-3H3,(H,23,25);1H. The fourth-order valence-corrected chi connectivity index (χ4v) is 4.31. The van der Waals surface area contributed by atoms with Crippen LogP contribution in [0.2, 0.25) is 0 Å². The van der Waals surface area contributed by atoms with Gasteiger partial charge in [0.1, 0.15) is 5.82 Å². The van der Waals surface area contributed by atoms with Crippen LogP contribution in [0.1, 0.15) is 33.6 Å². The molecule has 0 aliphatic carbocycles. The maximum Gasteiger partial charge on any atom is 0.194 e. The lowest BCUT2D eigenvalue weighted by Crippen LogP contribution is -2.53. The first kappa shape index (κ1) is 24.2. The molecule has 1 atom stereocenters. The Morgan fingerprint density at radius 1 is 1.21 bits per heavy atom. The van der Waals surface area contributed by atoms with Crippen LogP contribution in [0.15, 0.2) is 29.4 Å². The zero-order chi connectivity index (χ0) is 19.8. The topological polar surface area (TPSA) is 47.0 Å². The minimum absolute atomic E-state index is 0. The molecule has 0 bridgehead atoms. The van der Waals surface area contributed by atoms with Gasteiger partial charge in [-0.15, -0.1) is 24.0 Å². The molecule has 6 nitrogen and oxygen atoms in total. The van der Waals surface area contributed by atoms with Crippen molar-refractivity contribution < 1.29 is 0 Å². The van der Waals surface area contributed by atoms with Gasteiger partial charge in [-0.05, 0) is 50.3 Å². The molecular formula is C22H39IN6. The van der Waals surface area contributed by atoms with Gasteiger partial charge >= 0.3 is 0 Å². The molecule has 0 amide bonds. The SMILES string of the molecule is CCNC(=NCC1CCCN(CC(C)C)C1)N1CCN(c2ccccn2)CC1.I. The molecule has 0 radical (unpaired) electrons. The lowest BCUT2D eigenvalue weighted by molar-refractivity contribution is 0.162. The van der Waals surface area contributed by atoms with Gasteiger partial charge in [0.2, 0.25) is 0 Å². The predicted molar refractivity (Wildman–Crippen MR) is 133 cm³/mol. The molecule has 1 aromatic heterocycles. The summed E-state index contributed by atoms with van der Waals surface area (Å²) in [4.78, 5) is 16.9. The van der Waals surface area contributed by atoms with Gasteiger partial charge in [0.15, 0.2) is 5.96 Å². The summed E-state index contributed by atoms with van der Waals surface area (Å²) in [6, 6.07) is 6.14. The van der Waals surface area contributed by atoms with Gasteiger partial charge in [0, 0.05) is 58.6 Å². The van der Waals surface area contributed by atoms with Crippen molar-refractivity contribution in [2.45, 2.75) is 33.6 Å². The first-order valence-corrected chi connectivity index (χ1v) is 11.1. The minimum atomic E-state index is 0. The van der Waals surface area contributed by atoms with Crippen molar-refractivity contribution in [3.63, 3.8) is 0 Å². The Bertz CT molecular complexity index is 601. The second-order valence-corrected chi connectivity index (χ2v) is 8.52. The van der Waals surface area contributed by atoms with Crippen molar-refractivity contribution in [1.29, 1.82) is 0 Å². The smallest absolute Gasteiger partial charge is 0.194 e. The molecule has 3 heterocycles. The number of halogens is 1. The number of nitrogens with one attached hydrogen (secondary N) is 1. The zero-order valence-corrected chi connectivity index (χ0v) is 20.7. The Kier molecular flexibility index (Phi) is 10.5. The number of nitrogens with zero attached hydrogens (tertiary/aromatic N) is 5. The van der Waals surface area contributed by atoms with Crippen LogP contribution in [0.3, 0.4) is 0 Å². The molecule has 2 fully saturated rings. The lowest BCUT2D eigenvalue weighted by atomic mass is 9.97. The van der Waals surface area contributed by atoms with Crippen molar-refractivity contribution >= 4 is 35.8 Å². The summed E-state index contributed by atoms with van der Waals surface area (Å²) in [5.74, 6) is 3.60. The Hall–Kier alpha value is -1.09. The van der Waals surface area contributed by atoms with Crippen LogP contribution in [-0.2, 0) is 0 Å². The molecule has 0 spiro atoms. The number of hydrogen-bond acceptors (Lipinski definition) is 4. The number of likely N-dealkylation sites (tertiary alicyclic amines) is 1. The van der Waals surface area contributed by atoms with E-state index in [1.807, 2.05) is 12.3 Å². The van der Waals surface area contributed by atoms with E-state index in [4.69, 9.17) is 4.99 Å². The maximum atomic E-state index is 5.04. The van der Waals surface area contributed by atoms with Crippen molar-refractivity contribution in [2.75, 3.05) is 63.8 Å². The largest absolute Gasteiger partial charge is 0.357 e. The Labute approximate surface area is 194 Å². The Morgan fingerprint density at radius 2 is 2.00 bits per heavy atom. The average molecular weight is 515 g/mol. The Morgan fingerprint density at radius 3 is 2.66 bits per heavy atom.